The van der Waals surface area contributed by atoms with E-state index in [1.54, 1.807) is 24.3 Å². The first-order chi connectivity index (χ1) is 18.7. The predicted octanol–water partition coefficient (Wildman–Crippen LogP) is 5.00. The number of sulfonamides is 1. The quantitative estimate of drug-likeness (QED) is 0.370. The Bertz CT molecular complexity index is 1690. The van der Waals surface area contributed by atoms with Gasteiger partial charge in [-0.3, -0.25) is 9.58 Å². The standard InChI is InChI=1S/C30H33N5O3S/c1-20-24(11-13-27-25(20)18-33-34(27)3)22-8-12-28-26(16-22)30(14-4-5-15-30)19-35(28)29(36)32-17-21-6-9-23(10-7-21)39(37,38)31-2/h6-13,16,18,31H,4-5,14-15,17,19H2,1-3H3,(H,32,36). The van der Waals surface area contributed by atoms with Crippen molar-refractivity contribution < 1.29 is 13.2 Å². The van der Waals surface area contributed by atoms with E-state index in [2.05, 4.69) is 52.4 Å². The maximum Gasteiger partial charge on any atom is 0.322 e. The molecule has 2 N–H and O–H groups in total. The van der Waals surface area contributed by atoms with E-state index in [0.29, 0.717) is 13.1 Å². The van der Waals surface area contributed by atoms with Crippen LogP contribution in [0.5, 0.6) is 0 Å². The zero-order valence-corrected chi connectivity index (χ0v) is 23.3. The Hall–Kier alpha value is -3.69. The first-order valence-corrected chi connectivity index (χ1v) is 14.8. The van der Waals surface area contributed by atoms with Crippen molar-refractivity contribution in [3.63, 3.8) is 0 Å². The molecule has 1 aromatic heterocycles. The SMILES string of the molecule is CNS(=O)(=O)c1ccc(CNC(=O)N2CC3(CCCC3)c3cc(-c4ccc5c(cnn5C)c4C)ccc32)cc1. The summed E-state index contributed by atoms with van der Waals surface area (Å²) < 4.78 is 28.2. The molecular formula is C30H33N5O3S. The molecule has 1 spiro atoms. The Balaban J connectivity index is 1.27. The third-order valence-corrected chi connectivity index (χ3v) is 10.0. The zero-order valence-electron chi connectivity index (χ0n) is 22.5. The van der Waals surface area contributed by atoms with E-state index < -0.39 is 10.0 Å². The Labute approximate surface area is 229 Å². The number of urea groups is 1. The second kappa shape index (κ2) is 9.50. The van der Waals surface area contributed by atoms with Crippen LogP contribution in [0.25, 0.3) is 22.0 Å². The van der Waals surface area contributed by atoms with Crippen LogP contribution in [-0.4, -0.2) is 37.8 Å². The highest BCUT2D eigenvalue weighted by molar-refractivity contribution is 7.89. The van der Waals surface area contributed by atoms with Crippen LogP contribution in [0, 0.1) is 6.92 Å². The number of nitrogens with zero attached hydrogens (tertiary/aromatic N) is 3. The van der Waals surface area contributed by atoms with Gasteiger partial charge in [0.1, 0.15) is 0 Å². The molecule has 1 aliphatic carbocycles. The van der Waals surface area contributed by atoms with Gasteiger partial charge in [0.15, 0.2) is 0 Å². The summed E-state index contributed by atoms with van der Waals surface area (Å²) in [5, 5.41) is 8.64. The van der Waals surface area contributed by atoms with Crippen LogP contribution in [0.1, 0.15) is 42.4 Å². The van der Waals surface area contributed by atoms with Gasteiger partial charge in [0.2, 0.25) is 10.0 Å². The number of hydrogen-bond acceptors (Lipinski definition) is 4. The minimum Gasteiger partial charge on any atom is -0.334 e. The number of nitrogens with one attached hydrogen (secondary N) is 2. The molecule has 202 valence electrons. The van der Waals surface area contributed by atoms with E-state index in [0.717, 1.165) is 35.0 Å². The largest absolute Gasteiger partial charge is 0.334 e. The number of carbonyl (C=O) groups excluding carboxylic acids is 1. The van der Waals surface area contributed by atoms with Crippen LogP contribution < -0.4 is 14.9 Å². The summed E-state index contributed by atoms with van der Waals surface area (Å²) in [5.74, 6) is 0. The number of fused-ring (bicyclic) bond motifs is 3. The normalized spacial score (nSPS) is 16.2. The second-order valence-corrected chi connectivity index (χ2v) is 12.6. The van der Waals surface area contributed by atoms with Gasteiger partial charge in [-0.2, -0.15) is 5.10 Å². The molecule has 2 amide bonds. The minimum atomic E-state index is -3.49. The molecule has 0 unspecified atom stereocenters. The molecule has 0 radical (unpaired) electrons. The Morgan fingerprint density at radius 3 is 2.51 bits per heavy atom. The van der Waals surface area contributed by atoms with Crippen molar-refractivity contribution in [3.8, 4) is 11.1 Å². The summed E-state index contributed by atoms with van der Waals surface area (Å²) in [7, 11) is -0.143. The zero-order chi connectivity index (χ0) is 27.4. The van der Waals surface area contributed by atoms with Gasteiger partial charge in [0.05, 0.1) is 16.6 Å². The van der Waals surface area contributed by atoms with Crippen LogP contribution in [-0.2, 0) is 29.0 Å². The summed E-state index contributed by atoms with van der Waals surface area (Å²) in [6.07, 6.45) is 6.42. The second-order valence-electron chi connectivity index (χ2n) is 10.8. The molecule has 0 atom stereocenters. The molecule has 39 heavy (non-hydrogen) atoms. The van der Waals surface area contributed by atoms with Crippen LogP contribution >= 0.6 is 0 Å². The number of aromatic nitrogens is 2. The van der Waals surface area contributed by atoms with Gasteiger partial charge in [-0.05, 0) is 85.0 Å². The maximum absolute atomic E-state index is 13.5. The lowest BCUT2D eigenvalue weighted by Gasteiger charge is -2.25. The highest BCUT2D eigenvalue weighted by Crippen LogP contribution is 2.51. The molecule has 1 fully saturated rings. The average Bonchev–Trinajstić information content (AvgIpc) is 3.66. The summed E-state index contributed by atoms with van der Waals surface area (Å²) in [6.45, 7) is 3.15. The van der Waals surface area contributed by atoms with E-state index in [1.807, 2.05) is 22.8 Å². The minimum absolute atomic E-state index is 0.0157. The fourth-order valence-electron chi connectivity index (χ4n) is 6.35. The molecule has 0 saturated heterocycles. The molecular weight excluding hydrogens is 510 g/mol. The molecule has 9 heteroatoms. The lowest BCUT2D eigenvalue weighted by atomic mass is 9.79. The highest BCUT2D eigenvalue weighted by atomic mass is 32.2. The molecule has 8 nitrogen and oxygen atoms in total. The first-order valence-electron chi connectivity index (χ1n) is 13.4. The third-order valence-electron chi connectivity index (χ3n) is 8.58. The number of amides is 2. The predicted molar refractivity (Wildman–Crippen MR) is 153 cm³/mol. The molecule has 2 aliphatic rings. The fraction of sp³-hybridized carbons (Fsp3) is 0.333. The summed E-state index contributed by atoms with van der Waals surface area (Å²) in [4.78, 5) is 15.5. The van der Waals surface area contributed by atoms with Crippen LogP contribution in [0.15, 0.2) is 65.7 Å². The molecule has 6 rings (SSSR count). The van der Waals surface area contributed by atoms with Gasteiger partial charge in [-0.15, -0.1) is 0 Å². The van der Waals surface area contributed by atoms with Gasteiger partial charge < -0.3 is 5.32 Å². The summed E-state index contributed by atoms with van der Waals surface area (Å²) in [6, 6.07) is 17.3. The van der Waals surface area contributed by atoms with Crippen molar-refractivity contribution in [1.29, 1.82) is 0 Å². The van der Waals surface area contributed by atoms with Gasteiger partial charge >= 0.3 is 6.03 Å². The fourth-order valence-corrected chi connectivity index (χ4v) is 7.08. The molecule has 1 saturated carbocycles. The van der Waals surface area contributed by atoms with E-state index >= 15 is 0 Å². The van der Waals surface area contributed by atoms with Gasteiger partial charge in [-0.1, -0.05) is 37.1 Å². The van der Waals surface area contributed by atoms with Crippen LogP contribution in [0.2, 0.25) is 0 Å². The Morgan fingerprint density at radius 2 is 1.79 bits per heavy atom. The monoisotopic (exact) mass is 543 g/mol. The van der Waals surface area contributed by atoms with Crippen LogP contribution in [0.4, 0.5) is 10.5 Å². The average molecular weight is 544 g/mol. The van der Waals surface area contributed by atoms with Crippen molar-refractivity contribution in [3.05, 3.63) is 77.5 Å². The first kappa shape index (κ1) is 25.6. The molecule has 0 bridgehead atoms. The van der Waals surface area contributed by atoms with Crippen LogP contribution in [0.3, 0.4) is 0 Å². The Morgan fingerprint density at radius 1 is 1.05 bits per heavy atom. The number of aryl methyl sites for hydroxylation is 2. The van der Waals surface area contributed by atoms with E-state index in [9.17, 15) is 13.2 Å². The van der Waals surface area contributed by atoms with E-state index in [1.165, 1.54) is 42.1 Å². The number of anilines is 1. The lowest BCUT2D eigenvalue weighted by molar-refractivity contribution is 0.245. The number of benzene rings is 3. The number of hydrogen-bond donors (Lipinski definition) is 2. The number of carbonyl (C=O) groups is 1. The van der Waals surface area contributed by atoms with Gasteiger partial charge in [-0.25, -0.2) is 17.9 Å². The lowest BCUT2D eigenvalue weighted by Crippen LogP contribution is -2.41. The van der Waals surface area contributed by atoms with Crippen molar-refractivity contribution in [2.24, 2.45) is 7.05 Å². The molecule has 3 aromatic carbocycles. The maximum atomic E-state index is 13.5. The van der Waals surface area contributed by atoms with Crippen molar-refractivity contribution >= 4 is 32.6 Å². The molecule has 2 heterocycles. The van der Waals surface area contributed by atoms with Gasteiger partial charge in [0, 0.05) is 36.6 Å². The van der Waals surface area contributed by atoms with E-state index in [4.69, 9.17) is 0 Å². The molecule has 4 aromatic rings. The molecule has 1 aliphatic heterocycles. The number of rotatable bonds is 5. The highest BCUT2D eigenvalue weighted by Gasteiger charge is 2.46. The van der Waals surface area contributed by atoms with Gasteiger partial charge in [0.25, 0.3) is 0 Å². The smallest absolute Gasteiger partial charge is 0.322 e. The third kappa shape index (κ3) is 4.30. The Kier molecular flexibility index (Phi) is 6.23. The summed E-state index contributed by atoms with van der Waals surface area (Å²) >= 11 is 0. The van der Waals surface area contributed by atoms with Crippen molar-refractivity contribution in [2.75, 3.05) is 18.5 Å². The van der Waals surface area contributed by atoms with Crippen molar-refractivity contribution in [1.82, 2.24) is 19.8 Å². The van der Waals surface area contributed by atoms with Crippen molar-refractivity contribution in [2.45, 2.75) is 49.5 Å². The van der Waals surface area contributed by atoms with E-state index in [-0.39, 0.29) is 16.3 Å². The summed E-state index contributed by atoms with van der Waals surface area (Å²) in [5.41, 5.74) is 7.75. The topological polar surface area (TPSA) is 96.3 Å².